The Morgan fingerprint density at radius 3 is 2.67 bits per heavy atom. The van der Waals surface area contributed by atoms with Crippen LogP contribution in [-0.4, -0.2) is 17.8 Å². The molecule has 0 radical (unpaired) electrons. The van der Waals surface area contributed by atoms with Crippen LogP contribution in [0.1, 0.15) is 43.3 Å². The Morgan fingerprint density at radius 1 is 1.33 bits per heavy atom. The summed E-state index contributed by atoms with van der Waals surface area (Å²) in [4.78, 5) is 12.4. The number of halogens is 1. The summed E-state index contributed by atoms with van der Waals surface area (Å²) in [6, 6.07) is 7.67. The minimum absolute atomic E-state index is 0.0115. The smallest absolute Gasteiger partial charge is 0.287 e. The van der Waals surface area contributed by atoms with E-state index in [2.05, 4.69) is 26.1 Å². The van der Waals surface area contributed by atoms with Crippen LogP contribution < -0.4 is 5.32 Å². The van der Waals surface area contributed by atoms with E-state index in [0.29, 0.717) is 11.6 Å². The third-order valence-corrected chi connectivity index (χ3v) is 3.86. The Hall–Kier alpha value is -1.48. The van der Waals surface area contributed by atoms with E-state index in [1.807, 2.05) is 25.1 Å². The molecule has 1 heterocycles. The van der Waals surface area contributed by atoms with Gasteiger partial charge in [-0.1, -0.05) is 32.4 Å². The molecule has 1 unspecified atom stereocenters. The van der Waals surface area contributed by atoms with E-state index in [9.17, 15) is 4.79 Å². The van der Waals surface area contributed by atoms with E-state index in [4.69, 9.17) is 16.0 Å². The predicted octanol–water partition coefficient (Wildman–Crippen LogP) is 4.51. The second kappa shape index (κ2) is 6.10. The lowest BCUT2D eigenvalue weighted by Gasteiger charge is -2.30. The zero-order valence-electron chi connectivity index (χ0n) is 13.0. The van der Waals surface area contributed by atoms with E-state index < -0.39 is 0 Å². The summed E-state index contributed by atoms with van der Waals surface area (Å²) in [5.74, 6) is 0.676. The lowest BCUT2D eigenvalue weighted by atomic mass is 9.85. The van der Waals surface area contributed by atoms with Crippen molar-refractivity contribution in [3.63, 3.8) is 0 Å². The Kier molecular flexibility index (Phi) is 4.62. The van der Waals surface area contributed by atoms with Crippen LogP contribution in [0.2, 0.25) is 0 Å². The summed E-state index contributed by atoms with van der Waals surface area (Å²) in [5, 5.41) is 3.98. The van der Waals surface area contributed by atoms with Gasteiger partial charge in [0.25, 0.3) is 5.91 Å². The lowest BCUT2D eigenvalue weighted by Crippen LogP contribution is -2.43. The van der Waals surface area contributed by atoms with Gasteiger partial charge in [0, 0.05) is 17.3 Å². The normalized spacial score (nSPS) is 13.4. The van der Waals surface area contributed by atoms with Gasteiger partial charge in [0.2, 0.25) is 0 Å². The second-order valence-corrected chi connectivity index (χ2v) is 6.90. The minimum Gasteiger partial charge on any atom is -0.451 e. The summed E-state index contributed by atoms with van der Waals surface area (Å²) < 4.78 is 5.63. The molecule has 0 spiro atoms. The number of nitrogens with one attached hydrogen (secondary N) is 1. The highest BCUT2D eigenvalue weighted by Crippen LogP contribution is 2.24. The standard InChI is InChI=1S/C17H22ClNO2/c1-11-5-6-13-12(9-11)10-14(21-13)16(20)19-15(7-8-18)17(2,3)4/h5-6,9-10,15H,7-8H2,1-4H3,(H,19,20). The molecule has 0 saturated carbocycles. The zero-order chi connectivity index (χ0) is 15.6. The molecule has 1 N–H and O–H groups in total. The Labute approximate surface area is 130 Å². The van der Waals surface area contributed by atoms with E-state index in [-0.39, 0.29) is 17.4 Å². The number of furan rings is 1. The average molecular weight is 308 g/mol. The van der Waals surface area contributed by atoms with Crippen LogP contribution in [0, 0.1) is 12.3 Å². The molecule has 0 aliphatic rings. The van der Waals surface area contributed by atoms with Crippen LogP contribution in [0.25, 0.3) is 11.0 Å². The van der Waals surface area contributed by atoms with E-state index in [1.54, 1.807) is 6.07 Å². The van der Waals surface area contributed by atoms with Gasteiger partial charge in [-0.15, -0.1) is 11.6 Å². The first-order valence-electron chi connectivity index (χ1n) is 7.18. The topological polar surface area (TPSA) is 42.2 Å². The molecule has 1 amide bonds. The van der Waals surface area contributed by atoms with Gasteiger partial charge in [-0.2, -0.15) is 0 Å². The number of alkyl halides is 1. The number of hydrogen-bond acceptors (Lipinski definition) is 2. The molecule has 2 aromatic rings. The molecule has 1 aromatic carbocycles. The molecule has 4 heteroatoms. The fourth-order valence-electron chi connectivity index (χ4n) is 2.33. The van der Waals surface area contributed by atoms with Crippen molar-refractivity contribution in [1.82, 2.24) is 5.32 Å². The number of carbonyl (C=O) groups excluding carboxylic acids is 1. The largest absolute Gasteiger partial charge is 0.451 e. The van der Waals surface area contributed by atoms with Crippen molar-refractivity contribution in [2.45, 2.75) is 40.2 Å². The summed E-state index contributed by atoms with van der Waals surface area (Å²) in [7, 11) is 0. The van der Waals surface area contributed by atoms with Crippen LogP contribution in [0.5, 0.6) is 0 Å². The molecule has 0 saturated heterocycles. The first kappa shape index (κ1) is 15.9. The molecule has 3 nitrogen and oxygen atoms in total. The molecular formula is C17H22ClNO2. The van der Waals surface area contributed by atoms with Crippen molar-refractivity contribution in [3.8, 4) is 0 Å². The number of fused-ring (bicyclic) bond motifs is 1. The van der Waals surface area contributed by atoms with Crippen molar-refractivity contribution in [1.29, 1.82) is 0 Å². The molecule has 114 valence electrons. The third kappa shape index (κ3) is 3.79. The molecule has 0 fully saturated rings. The predicted molar refractivity (Wildman–Crippen MR) is 87.0 cm³/mol. The zero-order valence-corrected chi connectivity index (χ0v) is 13.8. The van der Waals surface area contributed by atoms with Crippen molar-refractivity contribution in [2.24, 2.45) is 5.41 Å². The van der Waals surface area contributed by atoms with Crippen molar-refractivity contribution in [2.75, 3.05) is 5.88 Å². The van der Waals surface area contributed by atoms with Crippen molar-refractivity contribution < 1.29 is 9.21 Å². The summed E-state index contributed by atoms with van der Waals surface area (Å²) >= 11 is 5.84. The highest BCUT2D eigenvalue weighted by Gasteiger charge is 2.27. The third-order valence-electron chi connectivity index (χ3n) is 3.64. The molecule has 1 aromatic heterocycles. The molecular weight excluding hydrogens is 286 g/mol. The maximum Gasteiger partial charge on any atom is 0.287 e. The number of carbonyl (C=O) groups is 1. The maximum atomic E-state index is 12.4. The van der Waals surface area contributed by atoms with Crippen LogP contribution in [0.3, 0.4) is 0 Å². The second-order valence-electron chi connectivity index (χ2n) is 6.52. The van der Waals surface area contributed by atoms with Gasteiger partial charge in [-0.3, -0.25) is 4.79 Å². The number of benzene rings is 1. The van der Waals surface area contributed by atoms with Crippen LogP contribution in [0.4, 0.5) is 0 Å². The lowest BCUT2D eigenvalue weighted by molar-refractivity contribution is 0.0874. The van der Waals surface area contributed by atoms with Gasteiger partial charge in [0.15, 0.2) is 5.76 Å². The van der Waals surface area contributed by atoms with Gasteiger partial charge in [0.1, 0.15) is 5.58 Å². The van der Waals surface area contributed by atoms with Gasteiger partial charge < -0.3 is 9.73 Å². The molecule has 1 atom stereocenters. The van der Waals surface area contributed by atoms with Crippen molar-refractivity contribution in [3.05, 3.63) is 35.6 Å². The Balaban J connectivity index is 2.21. The Bertz CT molecular complexity index is 640. The van der Waals surface area contributed by atoms with Gasteiger partial charge in [-0.05, 0) is 37.0 Å². The molecule has 0 bridgehead atoms. The monoisotopic (exact) mass is 307 g/mol. The molecule has 2 rings (SSSR count). The summed E-state index contributed by atoms with van der Waals surface area (Å²) in [6.07, 6.45) is 0.732. The van der Waals surface area contributed by atoms with Gasteiger partial charge >= 0.3 is 0 Å². The summed E-state index contributed by atoms with van der Waals surface area (Å²) in [6.45, 7) is 8.29. The SMILES string of the molecule is Cc1ccc2oc(C(=O)NC(CCCl)C(C)(C)C)cc2c1. The van der Waals surface area contributed by atoms with Crippen LogP contribution >= 0.6 is 11.6 Å². The summed E-state index contributed by atoms with van der Waals surface area (Å²) in [5.41, 5.74) is 1.83. The fraction of sp³-hybridized carbons (Fsp3) is 0.471. The van der Waals surface area contributed by atoms with E-state index in [1.165, 1.54) is 0 Å². The highest BCUT2D eigenvalue weighted by molar-refractivity contribution is 6.17. The fourth-order valence-corrected chi connectivity index (χ4v) is 2.55. The number of rotatable bonds is 4. The van der Waals surface area contributed by atoms with E-state index >= 15 is 0 Å². The highest BCUT2D eigenvalue weighted by atomic mass is 35.5. The Morgan fingerprint density at radius 2 is 2.05 bits per heavy atom. The van der Waals surface area contributed by atoms with E-state index in [0.717, 1.165) is 23.0 Å². The number of aryl methyl sites for hydroxylation is 1. The molecule has 0 aliphatic heterocycles. The maximum absolute atomic E-state index is 12.4. The number of amides is 1. The minimum atomic E-state index is -0.186. The number of hydrogen-bond donors (Lipinski definition) is 1. The van der Waals surface area contributed by atoms with Crippen molar-refractivity contribution >= 4 is 28.5 Å². The first-order chi connectivity index (χ1) is 9.81. The average Bonchev–Trinajstić information content (AvgIpc) is 2.80. The first-order valence-corrected chi connectivity index (χ1v) is 7.72. The van der Waals surface area contributed by atoms with Crippen LogP contribution in [-0.2, 0) is 0 Å². The van der Waals surface area contributed by atoms with Crippen LogP contribution in [0.15, 0.2) is 28.7 Å². The van der Waals surface area contributed by atoms with Gasteiger partial charge in [0.05, 0.1) is 0 Å². The molecule has 0 aliphatic carbocycles. The quantitative estimate of drug-likeness (QED) is 0.844. The molecule has 21 heavy (non-hydrogen) atoms. The van der Waals surface area contributed by atoms with Gasteiger partial charge in [-0.25, -0.2) is 0 Å².